The highest BCUT2D eigenvalue weighted by molar-refractivity contribution is 8.00. The lowest BCUT2D eigenvalue weighted by Gasteiger charge is -2.19. The van der Waals surface area contributed by atoms with Crippen molar-refractivity contribution in [3.05, 3.63) is 47.3 Å². The maximum Gasteiger partial charge on any atom is 0.237 e. The predicted molar refractivity (Wildman–Crippen MR) is 131 cm³/mol. The van der Waals surface area contributed by atoms with Crippen LogP contribution >= 0.6 is 23.1 Å². The van der Waals surface area contributed by atoms with E-state index in [1.165, 1.54) is 17.3 Å². The summed E-state index contributed by atoms with van der Waals surface area (Å²) in [6.45, 7) is 9.94. The number of carbonyl (C=O) groups is 1. The van der Waals surface area contributed by atoms with E-state index < -0.39 is 0 Å². The van der Waals surface area contributed by atoms with E-state index in [-0.39, 0.29) is 22.7 Å². The lowest BCUT2D eigenvalue weighted by atomic mass is 9.87. The van der Waals surface area contributed by atoms with Gasteiger partial charge in [0, 0.05) is 12.3 Å². The van der Waals surface area contributed by atoms with Crippen molar-refractivity contribution >= 4 is 34.7 Å². The van der Waals surface area contributed by atoms with Gasteiger partial charge in [-0.2, -0.15) is 0 Å². The van der Waals surface area contributed by atoms with E-state index in [0.717, 1.165) is 41.0 Å². The molecule has 2 atom stereocenters. The third-order valence-electron chi connectivity index (χ3n) is 5.54. The standard InChI is InChI=1S/C24H30N4O2S2/c1-16(22(29)25-18-11-9-17(10-12-18)24(2,3)4)32-23-27-26-21(20-8-6-14-31-20)28(23)15-19-7-5-13-30-19/h6,8-12,14,16,19H,5,7,13,15H2,1-4H3,(H,25,29). The molecule has 4 rings (SSSR count). The van der Waals surface area contributed by atoms with E-state index >= 15 is 0 Å². The van der Waals surface area contributed by atoms with Gasteiger partial charge in [0.25, 0.3) is 0 Å². The Morgan fingerprint density at radius 3 is 2.69 bits per heavy atom. The van der Waals surface area contributed by atoms with Crippen molar-refractivity contribution in [3.63, 3.8) is 0 Å². The highest BCUT2D eigenvalue weighted by Crippen LogP contribution is 2.31. The number of nitrogens with zero attached hydrogens (tertiary/aromatic N) is 3. The monoisotopic (exact) mass is 470 g/mol. The summed E-state index contributed by atoms with van der Waals surface area (Å²) in [6, 6.07) is 12.1. The van der Waals surface area contributed by atoms with Crippen molar-refractivity contribution in [1.29, 1.82) is 0 Å². The fraction of sp³-hybridized carbons (Fsp3) is 0.458. The number of hydrogen-bond acceptors (Lipinski definition) is 6. The zero-order valence-corrected chi connectivity index (χ0v) is 20.6. The Labute approximate surface area is 197 Å². The molecular weight excluding hydrogens is 440 g/mol. The molecule has 0 saturated carbocycles. The second kappa shape index (κ2) is 9.77. The van der Waals surface area contributed by atoms with Gasteiger partial charge in [-0.1, -0.05) is 50.7 Å². The molecule has 3 aromatic rings. The molecule has 1 fully saturated rings. The normalized spacial score (nSPS) is 17.4. The number of carbonyl (C=O) groups excluding carboxylic acids is 1. The fourth-order valence-corrected chi connectivity index (χ4v) is 5.21. The Bertz CT molecular complexity index is 1030. The van der Waals surface area contributed by atoms with Gasteiger partial charge in [0.1, 0.15) is 0 Å². The molecule has 0 spiro atoms. The number of benzene rings is 1. The molecule has 3 heterocycles. The minimum atomic E-state index is -0.319. The minimum Gasteiger partial charge on any atom is -0.376 e. The summed E-state index contributed by atoms with van der Waals surface area (Å²) in [5.74, 6) is 0.784. The molecule has 1 aliphatic rings. The topological polar surface area (TPSA) is 69.0 Å². The van der Waals surface area contributed by atoms with Crippen LogP contribution in [0, 0.1) is 0 Å². The SMILES string of the molecule is CC(Sc1nnc(-c2cccs2)n1CC1CCCO1)C(=O)Nc1ccc(C(C)(C)C)cc1. The first-order chi connectivity index (χ1) is 15.3. The largest absolute Gasteiger partial charge is 0.376 e. The second-order valence-corrected chi connectivity index (χ2v) is 11.4. The average Bonchev–Trinajstić information content (AvgIpc) is 3.51. The van der Waals surface area contributed by atoms with Gasteiger partial charge >= 0.3 is 0 Å². The van der Waals surface area contributed by atoms with Crippen molar-refractivity contribution < 1.29 is 9.53 Å². The summed E-state index contributed by atoms with van der Waals surface area (Å²) < 4.78 is 7.96. The molecule has 0 bridgehead atoms. The molecule has 1 N–H and O–H groups in total. The summed E-state index contributed by atoms with van der Waals surface area (Å²) in [5.41, 5.74) is 2.12. The Morgan fingerprint density at radius 1 is 1.28 bits per heavy atom. The first kappa shape index (κ1) is 23.0. The summed E-state index contributed by atoms with van der Waals surface area (Å²) in [5, 5.41) is 14.4. The van der Waals surface area contributed by atoms with Crippen molar-refractivity contribution in [1.82, 2.24) is 14.8 Å². The molecule has 1 aromatic carbocycles. The zero-order chi connectivity index (χ0) is 22.7. The summed E-state index contributed by atoms with van der Waals surface area (Å²) in [4.78, 5) is 13.9. The van der Waals surface area contributed by atoms with E-state index in [1.807, 2.05) is 36.6 Å². The predicted octanol–water partition coefficient (Wildman–Crippen LogP) is 5.60. The van der Waals surface area contributed by atoms with E-state index in [1.54, 1.807) is 11.3 Å². The number of amides is 1. The van der Waals surface area contributed by atoms with E-state index in [9.17, 15) is 4.79 Å². The van der Waals surface area contributed by atoms with Gasteiger partial charge < -0.3 is 10.1 Å². The van der Waals surface area contributed by atoms with Gasteiger partial charge in [0.2, 0.25) is 5.91 Å². The Hall–Kier alpha value is -2.16. The Morgan fingerprint density at radius 2 is 2.06 bits per heavy atom. The number of nitrogens with one attached hydrogen (secondary N) is 1. The number of rotatable bonds is 7. The van der Waals surface area contributed by atoms with Crippen LogP contribution in [0.4, 0.5) is 5.69 Å². The van der Waals surface area contributed by atoms with Gasteiger partial charge in [-0.3, -0.25) is 9.36 Å². The van der Waals surface area contributed by atoms with Crippen molar-refractivity contribution in [2.24, 2.45) is 0 Å². The van der Waals surface area contributed by atoms with Gasteiger partial charge in [-0.25, -0.2) is 0 Å². The third-order valence-corrected chi connectivity index (χ3v) is 7.48. The number of thiophene rings is 1. The van der Waals surface area contributed by atoms with Crippen molar-refractivity contribution in [3.8, 4) is 10.7 Å². The maximum absolute atomic E-state index is 12.9. The molecule has 2 unspecified atom stereocenters. The van der Waals surface area contributed by atoms with Crippen LogP contribution in [0.15, 0.2) is 46.9 Å². The molecule has 6 nitrogen and oxygen atoms in total. The van der Waals surface area contributed by atoms with Gasteiger partial charge in [-0.15, -0.1) is 21.5 Å². The molecule has 170 valence electrons. The molecule has 32 heavy (non-hydrogen) atoms. The summed E-state index contributed by atoms with van der Waals surface area (Å²) in [7, 11) is 0. The molecule has 1 aliphatic heterocycles. The first-order valence-corrected chi connectivity index (χ1v) is 12.7. The lowest BCUT2D eigenvalue weighted by molar-refractivity contribution is -0.115. The smallest absolute Gasteiger partial charge is 0.237 e. The van der Waals surface area contributed by atoms with E-state index in [0.29, 0.717) is 6.54 Å². The van der Waals surface area contributed by atoms with Gasteiger partial charge in [0.05, 0.1) is 22.8 Å². The number of ether oxygens (including phenoxy) is 1. The van der Waals surface area contributed by atoms with Crippen LogP contribution in [0.2, 0.25) is 0 Å². The van der Waals surface area contributed by atoms with Crippen LogP contribution in [0.1, 0.15) is 46.1 Å². The van der Waals surface area contributed by atoms with E-state index in [2.05, 4.69) is 53.0 Å². The van der Waals surface area contributed by atoms with Crippen molar-refractivity contribution in [2.45, 2.75) is 69.0 Å². The van der Waals surface area contributed by atoms with Crippen LogP contribution in [0.25, 0.3) is 10.7 Å². The zero-order valence-electron chi connectivity index (χ0n) is 19.0. The second-order valence-electron chi connectivity index (χ2n) is 9.11. The first-order valence-electron chi connectivity index (χ1n) is 11.0. The Balaban J connectivity index is 1.47. The van der Waals surface area contributed by atoms with Gasteiger partial charge in [-0.05, 0) is 54.3 Å². The van der Waals surface area contributed by atoms with Crippen LogP contribution < -0.4 is 5.32 Å². The number of hydrogen-bond donors (Lipinski definition) is 1. The number of anilines is 1. The highest BCUT2D eigenvalue weighted by atomic mass is 32.2. The number of thioether (sulfide) groups is 1. The highest BCUT2D eigenvalue weighted by Gasteiger charge is 2.25. The molecule has 0 radical (unpaired) electrons. The fourth-order valence-electron chi connectivity index (χ4n) is 3.63. The molecular formula is C24H30N4O2S2. The Kier molecular flexibility index (Phi) is 7.02. The quantitative estimate of drug-likeness (QED) is 0.455. The van der Waals surface area contributed by atoms with Crippen LogP contribution in [-0.2, 0) is 21.5 Å². The summed E-state index contributed by atoms with van der Waals surface area (Å²) >= 11 is 3.07. The average molecular weight is 471 g/mol. The van der Waals surface area contributed by atoms with Crippen LogP contribution in [0.3, 0.4) is 0 Å². The van der Waals surface area contributed by atoms with Gasteiger partial charge in [0.15, 0.2) is 11.0 Å². The molecule has 0 aliphatic carbocycles. The summed E-state index contributed by atoms with van der Waals surface area (Å²) in [6.07, 6.45) is 2.28. The maximum atomic E-state index is 12.9. The lowest BCUT2D eigenvalue weighted by Crippen LogP contribution is -2.23. The van der Waals surface area contributed by atoms with Crippen LogP contribution in [-0.4, -0.2) is 38.6 Å². The molecule has 2 aromatic heterocycles. The molecule has 1 amide bonds. The number of aromatic nitrogens is 3. The molecule has 1 saturated heterocycles. The minimum absolute atomic E-state index is 0.0529. The van der Waals surface area contributed by atoms with E-state index in [4.69, 9.17) is 4.74 Å². The third kappa shape index (κ3) is 5.42. The molecule has 8 heteroatoms. The van der Waals surface area contributed by atoms with Crippen molar-refractivity contribution in [2.75, 3.05) is 11.9 Å². The van der Waals surface area contributed by atoms with Crippen LogP contribution in [0.5, 0.6) is 0 Å².